The second-order valence-electron chi connectivity index (χ2n) is 13.9. The molecule has 3 aromatic carbocycles. The van der Waals surface area contributed by atoms with Crippen molar-refractivity contribution in [3.8, 4) is 22.9 Å². The number of benzene rings is 3. The van der Waals surface area contributed by atoms with E-state index < -0.39 is 34.7 Å². The van der Waals surface area contributed by atoms with Crippen LogP contribution in [0.4, 0.5) is 17.6 Å². The number of aromatic nitrogens is 4. The van der Waals surface area contributed by atoms with Gasteiger partial charge in [-0.15, -0.1) is 0 Å². The molecule has 262 valence electrons. The Kier molecular flexibility index (Phi) is 9.60. The number of nitrogens with zero attached hydrogens (tertiary/aromatic N) is 3. The second kappa shape index (κ2) is 13.6. The van der Waals surface area contributed by atoms with Gasteiger partial charge in [-0.3, -0.25) is 0 Å². The number of H-pyrrole nitrogens is 1. The van der Waals surface area contributed by atoms with Gasteiger partial charge in [0.2, 0.25) is 5.82 Å². The third-order valence-electron chi connectivity index (χ3n) is 9.41. The Hall–Kier alpha value is -4.58. The molecule has 0 amide bonds. The van der Waals surface area contributed by atoms with Crippen molar-refractivity contribution in [2.45, 2.75) is 58.8 Å². The number of carboxylic acid groups (broad SMARTS) is 1. The molecule has 0 saturated heterocycles. The molecular weight excluding hydrogens is 669 g/mol. The third-order valence-corrected chi connectivity index (χ3v) is 10.9. The number of ether oxygens (including phenoxy) is 1. The highest BCUT2D eigenvalue weighted by molar-refractivity contribution is 7.99. The summed E-state index contributed by atoms with van der Waals surface area (Å²) in [6.07, 6.45) is 5.40. The van der Waals surface area contributed by atoms with Gasteiger partial charge in [-0.1, -0.05) is 26.3 Å². The van der Waals surface area contributed by atoms with Gasteiger partial charge in [-0.2, -0.15) is 21.3 Å². The molecule has 0 aliphatic carbocycles. The summed E-state index contributed by atoms with van der Waals surface area (Å²) < 4.78 is 69.1. The van der Waals surface area contributed by atoms with E-state index in [1.807, 2.05) is 6.92 Å². The van der Waals surface area contributed by atoms with Crippen LogP contribution in [-0.2, 0) is 23.7 Å². The first-order chi connectivity index (χ1) is 23.7. The number of aliphatic carboxylic acids is 1. The van der Waals surface area contributed by atoms with Gasteiger partial charge in [-0.25, -0.2) is 27.6 Å². The van der Waals surface area contributed by atoms with Crippen molar-refractivity contribution in [2.75, 3.05) is 11.5 Å². The fourth-order valence-electron chi connectivity index (χ4n) is 6.56. The molecule has 1 unspecified atom stereocenters. The van der Waals surface area contributed by atoms with Crippen molar-refractivity contribution >= 4 is 34.7 Å². The zero-order valence-electron chi connectivity index (χ0n) is 28.5. The minimum Gasteiger partial charge on any atom is -0.478 e. The van der Waals surface area contributed by atoms with E-state index >= 15 is 17.6 Å². The van der Waals surface area contributed by atoms with Crippen LogP contribution in [0.25, 0.3) is 28.4 Å². The first kappa shape index (κ1) is 35.3. The fourth-order valence-corrected chi connectivity index (χ4v) is 7.75. The standard InChI is InChI=1S/C38H38F4N4O3S/c1-21(35(47)48)15-22-16-23(18-24(39)17-22)38(4)12-6-11-37(2,3)20-50-14-10-27-26-9-13-43-32(26)30(41)31(42)33(27)49-25-7-8-29(40)28(19-25)34-44-36(38)45-46(34)5/h7-9,13,15-19,43H,6,10-12,14,20H2,1-5H3,(H,47,48)/b21-15+. The third kappa shape index (κ3) is 6.90. The maximum absolute atomic E-state index is 15.7. The molecule has 1 atom stereocenters. The van der Waals surface area contributed by atoms with Gasteiger partial charge in [0.25, 0.3) is 0 Å². The SMILES string of the molecule is C/C(=C\c1cc(F)cc(C2(C)CCCC(C)(C)CSCCc3c(c(F)c(F)c4[nH]ccc34)Oc3ccc(F)c(c3)-c3nc2nn3C)c1)C(=O)O. The summed E-state index contributed by atoms with van der Waals surface area (Å²) in [6, 6.07) is 10.0. The smallest absolute Gasteiger partial charge is 0.331 e. The number of nitrogens with one attached hydrogen (secondary N) is 1. The highest BCUT2D eigenvalue weighted by atomic mass is 32.2. The van der Waals surface area contributed by atoms with Crippen molar-refractivity contribution in [3.05, 3.63) is 100 Å². The summed E-state index contributed by atoms with van der Waals surface area (Å²) >= 11 is 1.70. The predicted octanol–water partition coefficient (Wildman–Crippen LogP) is 9.59. The van der Waals surface area contributed by atoms with Gasteiger partial charge in [0.15, 0.2) is 23.2 Å². The lowest BCUT2D eigenvalue weighted by Gasteiger charge is -2.30. The van der Waals surface area contributed by atoms with Crippen LogP contribution in [0.1, 0.15) is 69.5 Å². The summed E-state index contributed by atoms with van der Waals surface area (Å²) in [6.45, 7) is 7.68. The van der Waals surface area contributed by atoms with E-state index in [1.54, 1.807) is 37.1 Å². The Morgan fingerprint density at radius 1 is 1.06 bits per heavy atom. The topological polar surface area (TPSA) is 93.0 Å². The van der Waals surface area contributed by atoms with Gasteiger partial charge < -0.3 is 14.8 Å². The number of halogens is 4. The summed E-state index contributed by atoms with van der Waals surface area (Å²) in [5.41, 5.74) is 0.489. The van der Waals surface area contributed by atoms with Crippen molar-refractivity contribution in [1.29, 1.82) is 0 Å². The van der Waals surface area contributed by atoms with E-state index in [0.29, 0.717) is 52.9 Å². The Labute approximate surface area is 291 Å². The molecule has 5 aromatic rings. The molecular formula is C38H38F4N4O3S. The van der Waals surface area contributed by atoms with Crippen LogP contribution >= 0.6 is 11.8 Å². The van der Waals surface area contributed by atoms with E-state index in [2.05, 4.69) is 18.8 Å². The molecule has 0 spiro atoms. The van der Waals surface area contributed by atoms with Crippen LogP contribution in [0.2, 0.25) is 0 Å². The summed E-state index contributed by atoms with van der Waals surface area (Å²) in [4.78, 5) is 19.1. The zero-order chi connectivity index (χ0) is 36.0. The Morgan fingerprint density at radius 3 is 2.60 bits per heavy atom. The lowest BCUT2D eigenvalue weighted by Crippen LogP contribution is -2.27. The molecule has 6 rings (SSSR count). The number of aryl methyl sites for hydroxylation is 2. The molecule has 2 N–H and O–H groups in total. The number of fused-ring (bicyclic) bond motifs is 8. The number of thioether (sulfide) groups is 1. The van der Waals surface area contributed by atoms with Gasteiger partial charge in [0.1, 0.15) is 17.4 Å². The van der Waals surface area contributed by atoms with Crippen LogP contribution in [-0.4, -0.2) is 42.3 Å². The van der Waals surface area contributed by atoms with Crippen molar-refractivity contribution in [2.24, 2.45) is 12.5 Å². The molecule has 2 aromatic heterocycles. The Morgan fingerprint density at radius 2 is 1.84 bits per heavy atom. The molecule has 0 radical (unpaired) electrons. The molecule has 50 heavy (non-hydrogen) atoms. The van der Waals surface area contributed by atoms with E-state index in [0.717, 1.165) is 12.2 Å². The van der Waals surface area contributed by atoms with Crippen LogP contribution in [0.5, 0.6) is 11.5 Å². The lowest BCUT2D eigenvalue weighted by atomic mass is 9.75. The number of aromatic amines is 1. The van der Waals surface area contributed by atoms with E-state index in [-0.39, 0.29) is 39.4 Å². The molecule has 3 heterocycles. The zero-order valence-corrected chi connectivity index (χ0v) is 29.3. The average molecular weight is 707 g/mol. The number of hydrogen-bond acceptors (Lipinski definition) is 5. The van der Waals surface area contributed by atoms with E-state index in [1.165, 1.54) is 48.0 Å². The molecule has 0 fully saturated rings. The minimum atomic E-state index is -1.14. The molecule has 4 bridgehead atoms. The normalized spacial score (nSPS) is 18.6. The van der Waals surface area contributed by atoms with Crippen molar-refractivity contribution < 1.29 is 32.2 Å². The van der Waals surface area contributed by atoms with Crippen molar-refractivity contribution in [3.63, 3.8) is 0 Å². The van der Waals surface area contributed by atoms with Gasteiger partial charge in [-0.05, 0) is 104 Å². The summed E-state index contributed by atoms with van der Waals surface area (Å²) in [5.74, 6) is -2.80. The number of carboxylic acids is 1. The van der Waals surface area contributed by atoms with E-state index in [9.17, 15) is 9.90 Å². The summed E-state index contributed by atoms with van der Waals surface area (Å²) in [7, 11) is 1.62. The fraction of sp³-hybridized carbons (Fsp3) is 0.342. The van der Waals surface area contributed by atoms with Crippen molar-refractivity contribution in [1.82, 2.24) is 19.7 Å². The molecule has 1 aliphatic rings. The monoisotopic (exact) mass is 706 g/mol. The first-order valence-electron chi connectivity index (χ1n) is 16.3. The highest BCUT2D eigenvalue weighted by Gasteiger charge is 2.36. The molecule has 7 nitrogen and oxygen atoms in total. The summed E-state index contributed by atoms with van der Waals surface area (Å²) in [5, 5.41) is 14.7. The first-order valence-corrected chi connectivity index (χ1v) is 17.5. The number of hydrogen-bond donors (Lipinski definition) is 2. The van der Waals surface area contributed by atoms with Crippen LogP contribution in [0, 0.1) is 28.7 Å². The minimum absolute atomic E-state index is 0.0222. The van der Waals surface area contributed by atoms with Crippen LogP contribution in [0.3, 0.4) is 0 Å². The largest absolute Gasteiger partial charge is 0.478 e. The van der Waals surface area contributed by atoms with E-state index in [4.69, 9.17) is 14.8 Å². The number of carbonyl (C=O) groups is 1. The molecule has 1 aliphatic heterocycles. The van der Waals surface area contributed by atoms with Gasteiger partial charge in [0, 0.05) is 29.8 Å². The average Bonchev–Trinajstić information content (AvgIpc) is 3.70. The molecule has 12 heteroatoms. The predicted molar refractivity (Wildman–Crippen MR) is 187 cm³/mol. The van der Waals surface area contributed by atoms with Gasteiger partial charge >= 0.3 is 5.97 Å². The number of rotatable bonds is 3. The maximum Gasteiger partial charge on any atom is 0.331 e. The van der Waals surface area contributed by atoms with Crippen LogP contribution < -0.4 is 4.74 Å². The Bertz CT molecular complexity index is 2140. The Balaban J connectivity index is 1.51. The van der Waals surface area contributed by atoms with Crippen LogP contribution in [0.15, 0.2) is 54.2 Å². The van der Waals surface area contributed by atoms with Gasteiger partial charge in [0.05, 0.1) is 16.5 Å². The molecule has 0 saturated carbocycles. The lowest BCUT2D eigenvalue weighted by molar-refractivity contribution is -0.132. The second-order valence-corrected chi connectivity index (χ2v) is 15.0. The maximum atomic E-state index is 15.7. The quantitative estimate of drug-likeness (QED) is 0.143. The highest BCUT2D eigenvalue weighted by Crippen LogP contribution is 2.42.